The van der Waals surface area contributed by atoms with E-state index in [1.165, 1.54) is 0 Å². The number of hydrogen-bond acceptors (Lipinski definition) is 4. The Morgan fingerprint density at radius 3 is 1.18 bits per heavy atom. The lowest BCUT2D eigenvalue weighted by Gasteiger charge is -2.12. The molecule has 0 saturated carbocycles. The Labute approximate surface area is 245 Å². The van der Waals surface area contributed by atoms with Gasteiger partial charge in [0.1, 0.15) is 34.7 Å². The molecule has 5 aromatic rings. The van der Waals surface area contributed by atoms with Crippen LogP contribution in [-0.4, -0.2) is 11.7 Å². The van der Waals surface area contributed by atoms with E-state index in [0.29, 0.717) is 34.7 Å². The molecular formula is C32H28Cl2N4O2. The molecule has 0 atom stereocenters. The van der Waals surface area contributed by atoms with Gasteiger partial charge in [0, 0.05) is 28.6 Å². The van der Waals surface area contributed by atoms with E-state index in [9.17, 15) is 0 Å². The van der Waals surface area contributed by atoms with Crippen LogP contribution in [0.1, 0.15) is 11.1 Å². The Bertz CT molecular complexity index is 1420. The van der Waals surface area contributed by atoms with Crippen molar-refractivity contribution in [3.63, 3.8) is 0 Å². The lowest BCUT2D eigenvalue weighted by molar-refractivity contribution is 0.460. The van der Waals surface area contributed by atoms with Crippen molar-refractivity contribution in [1.82, 2.24) is 0 Å². The molecule has 0 aromatic heterocycles. The molecule has 0 amide bonds. The molecule has 8 heteroatoms. The first-order valence-electron chi connectivity index (χ1n) is 12.1. The van der Waals surface area contributed by atoms with E-state index < -0.39 is 0 Å². The number of halogens is 2. The van der Waals surface area contributed by atoms with E-state index in [4.69, 9.17) is 20.3 Å². The van der Waals surface area contributed by atoms with E-state index in [2.05, 4.69) is 10.6 Å². The standard InChI is InChI=1S/C32H26N4O2.2ClH/c33-31(23-8-3-1-4-9-23)35-25-14-18-27(19-15-25)37-29-12-7-13-30(22-29)38-28-20-16-26(17-21-28)36-32(34)24-10-5-2-6-11-24;;/h1-22H,(H2,33,35)(H2,34,36);2*1H. The number of amidine groups is 2. The minimum atomic E-state index is 0. The van der Waals surface area contributed by atoms with Gasteiger partial charge in [-0.1, -0.05) is 66.7 Å². The average Bonchev–Trinajstić information content (AvgIpc) is 2.96. The van der Waals surface area contributed by atoms with Crippen LogP contribution in [0.5, 0.6) is 23.0 Å². The molecule has 0 heterocycles. The van der Waals surface area contributed by atoms with Gasteiger partial charge < -0.3 is 20.1 Å². The topological polar surface area (TPSA) is 90.2 Å². The molecule has 0 spiro atoms. The minimum absolute atomic E-state index is 0. The molecule has 0 aliphatic heterocycles. The zero-order chi connectivity index (χ0) is 26.2. The van der Waals surface area contributed by atoms with E-state index in [-0.39, 0.29) is 24.8 Å². The fourth-order valence-corrected chi connectivity index (χ4v) is 3.73. The van der Waals surface area contributed by atoms with Gasteiger partial charge in [-0.15, -0.1) is 24.8 Å². The zero-order valence-electron chi connectivity index (χ0n) is 21.3. The first kappa shape index (κ1) is 29.8. The van der Waals surface area contributed by atoms with Gasteiger partial charge in [-0.05, 0) is 60.7 Å². The molecule has 6 nitrogen and oxygen atoms in total. The molecule has 0 radical (unpaired) electrons. The van der Waals surface area contributed by atoms with Crippen molar-refractivity contribution in [1.29, 1.82) is 10.8 Å². The highest BCUT2D eigenvalue weighted by molar-refractivity contribution is 6.06. The average molecular weight is 572 g/mol. The highest BCUT2D eigenvalue weighted by atomic mass is 35.5. The van der Waals surface area contributed by atoms with Crippen molar-refractivity contribution >= 4 is 47.9 Å². The maximum atomic E-state index is 8.22. The van der Waals surface area contributed by atoms with Crippen molar-refractivity contribution in [2.45, 2.75) is 0 Å². The summed E-state index contributed by atoms with van der Waals surface area (Å²) in [6.45, 7) is 0. The second kappa shape index (κ2) is 14.4. The monoisotopic (exact) mass is 570 g/mol. The van der Waals surface area contributed by atoms with Crippen LogP contribution in [0.25, 0.3) is 0 Å². The largest absolute Gasteiger partial charge is 0.457 e. The van der Waals surface area contributed by atoms with Gasteiger partial charge >= 0.3 is 0 Å². The Morgan fingerprint density at radius 1 is 0.425 bits per heavy atom. The summed E-state index contributed by atoms with van der Waals surface area (Å²) >= 11 is 0. The van der Waals surface area contributed by atoms with Gasteiger partial charge in [0.2, 0.25) is 0 Å². The quantitative estimate of drug-likeness (QED) is 0.111. The van der Waals surface area contributed by atoms with Gasteiger partial charge in [0.15, 0.2) is 0 Å². The van der Waals surface area contributed by atoms with Gasteiger partial charge in [-0.2, -0.15) is 0 Å². The molecule has 0 bridgehead atoms. The summed E-state index contributed by atoms with van der Waals surface area (Å²) < 4.78 is 12.0. The van der Waals surface area contributed by atoms with Crippen LogP contribution in [0, 0.1) is 10.8 Å². The number of ether oxygens (including phenoxy) is 2. The van der Waals surface area contributed by atoms with Crippen molar-refractivity contribution in [3.8, 4) is 23.0 Å². The van der Waals surface area contributed by atoms with Crippen LogP contribution >= 0.6 is 24.8 Å². The van der Waals surface area contributed by atoms with Gasteiger partial charge in [-0.25, -0.2) is 0 Å². The first-order valence-corrected chi connectivity index (χ1v) is 12.1. The molecule has 0 fully saturated rings. The first-order chi connectivity index (χ1) is 18.6. The van der Waals surface area contributed by atoms with Gasteiger partial charge in [0.05, 0.1) is 0 Å². The van der Waals surface area contributed by atoms with Crippen molar-refractivity contribution in [2.75, 3.05) is 10.6 Å². The second-order valence-electron chi connectivity index (χ2n) is 8.46. The molecule has 0 saturated heterocycles. The lowest BCUT2D eigenvalue weighted by Crippen LogP contribution is -2.11. The van der Waals surface area contributed by atoms with Crippen LogP contribution in [0.4, 0.5) is 11.4 Å². The number of anilines is 2. The Hall–Kier alpha value is -4.78. The molecule has 0 aliphatic rings. The highest BCUT2D eigenvalue weighted by Crippen LogP contribution is 2.29. The van der Waals surface area contributed by atoms with Crippen LogP contribution < -0.4 is 20.1 Å². The Kier molecular flexibility index (Phi) is 10.7. The Morgan fingerprint density at radius 2 is 0.800 bits per heavy atom. The molecule has 0 aliphatic carbocycles. The summed E-state index contributed by atoms with van der Waals surface area (Å²) in [6, 6.07) is 41.4. The number of rotatable bonds is 8. The molecule has 0 unspecified atom stereocenters. The highest BCUT2D eigenvalue weighted by Gasteiger charge is 2.05. The molecular weight excluding hydrogens is 543 g/mol. The number of hydrogen-bond donors (Lipinski definition) is 4. The summed E-state index contributed by atoms with van der Waals surface area (Å²) in [6.07, 6.45) is 0. The SMILES string of the molecule is Cl.Cl.N=C(Nc1ccc(Oc2cccc(Oc3ccc(NC(=N)c4ccccc4)cc3)c2)cc1)c1ccccc1. The molecule has 4 N–H and O–H groups in total. The maximum Gasteiger partial charge on any atom is 0.131 e. The third-order valence-electron chi connectivity index (χ3n) is 5.65. The summed E-state index contributed by atoms with van der Waals surface area (Å²) in [5.74, 6) is 3.32. The summed E-state index contributed by atoms with van der Waals surface area (Å²) in [7, 11) is 0. The van der Waals surface area contributed by atoms with Gasteiger partial charge in [-0.3, -0.25) is 10.8 Å². The predicted octanol–water partition coefficient (Wildman–Crippen LogP) is 8.99. The second-order valence-corrected chi connectivity index (χ2v) is 8.46. The van der Waals surface area contributed by atoms with Crippen molar-refractivity contribution < 1.29 is 9.47 Å². The predicted molar refractivity (Wildman–Crippen MR) is 168 cm³/mol. The fraction of sp³-hybridized carbons (Fsp3) is 0. The van der Waals surface area contributed by atoms with Crippen LogP contribution in [-0.2, 0) is 0 Å². The van der Waals surface area contributed by atoms with E-state index in [1.54, 1.807) is 0 Å². The molecule has 5 rings (SSSR count). The normalized spacial score (nSPS) is 9.80. The van der Waals surface area contributed by atoms with E-state index in [0.717, 1.165) is 22.5 Å². The van der Waals surface area contributed by atoms with Crippen LogP contribution in [0.15, 0.2) is 133 Å². The van der Waals surface area contributed by atoms with Crippen LogP contribution in [0.2, 0.25) is 0 Å². The van der Waals surface area contributed by atoms with Crippen molar-refractivity contribution in [3.05, 3.63) is 145 Å². The number of benzene rings is 5. The number of nitrogens with one attached hydrogen (secondary N) is 4. The summed E-state index contributed by atoms with van der Waals surface area (Å²) in [5, 5.41) is 22.6. The van der Waals surface area contributed by atoms with Crippen molar-refractivity contribution in [2.24, 2.45) is 0 Å². The fourth-order valence-electron chi connectivity index (χ4n) is 3.73. The minimum Gasteiger partial charge on any atom is -0.457 e. The molecule has 5 aromatic carbocycles. The van der Waals surface area contributed by atoms with E-state index in [1.807, 2.05) is 133 Å². The zero-order valence-corrected chi connectivity index (χ0v) is 23.0. The maximum absolute atomic E-state index is 8.22. The lowest BCUT2D eigenvalue weighted by atomic mass is 10.2. The Balaban J connectivity index is 0.00000220. The molecule has 40 heavy (non-hydrogen) atoms. The smallest absolute Gasteiger partial charge is 0.131 e. The van der Waals surface area contributed by atoms with E-state index >= 15 is 0 Å². The van der Waals surface area contributed by atoms with Gasteiger partial charge in [0.25, 0.3) is 0 Å². The third kappa shape index (κ3) is 8.11. The third-order valence-corrected chi connectivity index (χ3v) is 5.65. The summed E-state index contributed by atoms with van der Waals surface area (Å²) in [4.78, 5) is 0. The van der Waals surface area contributed by atoms with Crippen LogP contribution in [0.3, 0.4) is 0 Å². The summed E-state index contributed by atoms with van der Waals surface area (Å²) in [5.41, 5.74) is 3.25. The molecule has 202 valence electrons.